The summed E-state index contributed by atoms with van der Waals surface area (Å²) in [7, 11) is 0. The molecule has 0 spiro atoms. The van der Waals surface area contributed by atoms with E-state index in [1.807, 2.05) is 6.92 Å². The van der Waals surface area contributed by atoms with Crippen molar-refractivity contribution in [3.05, 3.63) is 46.9 Å². The molecule has 0 unspecified atom stereocenters. The summed E-state index contributed by atoms with van der Waals surface area (Å²) in [5.41, 5.74) is 1.00. The molecule has 0 bridgehead atoms. The minimum Gasteiger partial charge on any atom is -0.460 e. The van der Waals surface area contributed by atoms with Gasteiger partial charge in [0.25, 0.3) is 0 Å². The Bertz CT molecular complexity index is 627. The fourth-order valence-corrected chi connectivity index (χ4v) is 2.61. The third-order valence-corrected chi connectivity index (χ3v) is 3.63. The van der Waals surface area contributed by atoms with Crippen LogP contribution in [-0.4, -0.2) is 31.7 Å². The maximum atomic E-state index is 14.1. The summed E-state index contributed by atoms with van der Waals surface area (Å²) >= 11 is 0. The molecule has 6 heteroatoms. The lowest BCUT2D eigenvalue weighted by Gasteiger charge is -2.26. The van der Waals surface area contributed by atoms with Gasteiger partial charge in [-0.05, 0) is 25.5 Å². The second-order valence-electron chi connectivity index (χ2n) is 5.20. The zero-order valence-electron chi connectivity index (χ0n) is 13.2. The van der Waals surface area contributed by atoms with Gasteiger partial charge in [0.15, 0.2) is 0 Å². The van der Waals surface area contributed by atoms with Crippen molar-refractivity contribution in [1.29, 1.82) is 0 Å². The van der Waals surface area contributed by atoms with E-state index in [1.54, 1.807) is 25.1 Å². The van der Waals surface area contributed by atoms with E-state index >= 15 is 0 Å². The number of benzene rings is 1. The molecule has 1 aromatic carbocycles. The van der Waals surface area contributed by atoms with Gasteiger partial charge in [-0.3, -0.25) is 4.79 Å². The smallest absolute Gasteiger partial charge is 0.336 e. The van der Waals surface area contributed by atoms with Crippen molar-refractivity contribution < 1.29 is 23.5 Å². The van der Waals surface area contributed by atoms with Gasteiger partial charge in [-0.2, -0.15) is 0 Å². The Morgan fingerprint density at radius 2 is 2.09 bits per heavy atom. The van der Waals surface area contributed by atoms with Crippen molar-refractivity contribution in [1.82, 2.24) is 5.32 Å². The van der Waals surface area contributed by atoms with Crippen LogP contribution >= 0.6 is 0 Å². The van der Waals surface area contributed by atoms with E-state index in [1.165, 1.54) is 6.07 Å². The molecule has 124 valence electrons. The monoisotopic (exact) mass is 321 g/mol. The lowest BCUT2D eigenvalue weighted by Crippen LogP contribution is -2.34. The third kappa shape index (κ3) is 4.16. The average molecular weight is 321 g/mol. The Labute approximate surface area is 134 Å². The number of hydrogen-bond donors (Lipinski definition) is 1. The zero-order chi connectivity index (χ0) is 16.8. The molecule has 1 amide bonds. The SMILES string of the molecule is CCOCCOC(=O)C1=C(C)NC(=O)C[C@@H]1c1ccccc1F. The number of amides is 1. The highest BCUT2D eigenvalue weighted by Crippen LogP contribution is 2.34. The molecule has 1 aliphatic rings. The molecule has 1 N–H and O–H groups in total. The van der Waals surface area contributed by atoms with Gasteiger partial charge in [-0.1, -0.05) is 18.2 Å². The Morgan fingerprint density at radius 1 is 1.35 bits per heavy atom. The lowest BCUT2D eigenvalue weighted by atomic mass is 9.84. The molecule has 1 aromatic rings. The lowest BCUT2D eigenvalue weighted by molar-refractivity contribution is -0.141. The van der Waals surface area contributed by atoms with Gasteiger partial charge in [0, 0.05) is 24.6 Å². The number of allylic oxidation sites excluding steroid dienone is 1. The molecule has 2 rings (SSSR count). The zero-order valence-corrected chi connectivity index (χ0v) is 13.2. The first kappa shape index (κ1) is 17.1. The number of esters is 1. The predicted octanol–water partition coefficient (Wildman–Crippen LogP) is 2.28. The van der Waals surface area contributed by atoms with Crippen LogP contribution in [-0.2, 0) is 19.1 Å². The van der Waals surface area contributed by atoms with Crippen LogP contribution in [0, 0.1) is 5.82 Å². The molecule has 0 aromatic heterocycles. The van der Waals surface area contributed by atoms with Crippen LogP contribution in [0.2, 0.25) is 0 Å². The molecule has 5 nitrogen and oxygen atoms in total. The highest BCUT2D eigenvalue weighted by atomic mass is 19.1. The van der Waals surface area contributed by atoms with Gasteiger partial charge < -0.3 is 14.8 Å². The van der Waals surface area contributed by atoms with Crippen LogP contribution < -0.4 is 5.32 Å². The number of ether oxygens (including phenoxy) is 2. The topological polar surface area (TPSA) is 64.6 Å². The molecule has 0 aliphatic carbocycles. The first-order chi connectivity index (χ1) is 11.0. The minimum absolute atomic E-state index is 0.00810. The summed E-state index contributed by atoms with van der Waals surface area (Å²) in [6.45, 7) is 4.41. The maximum absolute atomic E-state index is 14.1. The van der Waals surface area contributed by atoms with Crippen molar-refractivity contribution in [2.45, 2.75) is 26.2 Å². The van der Waals surface area contributed by atoms with Crippen LogP contribution in [0.4, 0.5) is 4.39 Å². The highest BCUT2D eigenvalue weighted by molar-refractivity contribution is 5.95. The summed E-state index contributed by atoms with van der Waals surface area (Å²) in [6, 6.07) is 6.14. The Balaban J connectivity index is 2.25. The minimum atomic E-state index is -0.649. The molecule has 1 aliphatic heterocycles. The summed E-state index contributed by atoms with van der Waals surface area (Å²) in [5, 5.41) is 2.62. The summed E-state index contributed by atoms with van der Waals surface area (Å²) in [6.07, 6.45) is 0.00810. The molecule has 0 saturated heterocycles. The second kappa shape index (κ2) is 7.87. The van der Waals surface area contributed by atoms with E-state index in [0.717, 1.165) is 0 Å². The van der Waals surface area contributed by atoms with E-state index in [9.17, 15) is 14.0 Å². The van der Waals surface area contributed by atoms with E-state index in [-0.39, 0.29) is 24.5 Å². The third-order valence-electron chi connectivity index (χ3n) is 3.63. The number of carbonyl (C=O) groups excluding carboxylic acids is 2. The molecular weight excluding hydrogens is 301 g/mol. The van der Waals surface area contributed by atoms with Crippen LogP contribution in [0.15, 0.2) is 35.5 Å². The first-order valence-electron chi connectivity index (χ1n) is 7.54. The highest BCUT2D eigenvalue weighted by Gasteiger charge is 2.34. The number of halogens is 1. The molecule has 1 atom stereocenters. The summed E-state index contributed by atoms with van der Waals surface area (Å²) in [4.78, 5) is 24.2. The summed E-state index contributed by atoms with van der Waals surface area (Å²) < 4.78 is 24.4. The van der Waals surface area contributed by atoms with Crippen molar-refractivity contribution in [2.24, 2.45) is 0 Å². The van der Waals surface area contributed by atoms with Gasteiger partial charge in [-0.15, -0.1) is 0 Å². The van der Waals surface area contributed by atoms with E-state index < -0.39 is 17.7 Å². The van der Waals surface area contributed by atoms with Gasteiger partial charge in [0.1, 0.15) is 12.4 Å². The van der Waals surface area contributed by atoms with E-state index in [0.29, 0.717) is 24.5 Å². The first-order valence-corrected chi connectivity index (χ1v) is 7.54. The number of hydrogen-bond acceptors (Lipinski definition) is 4. The molecular formula is C17H20FNO4. The van der Waals surface area contributed by atoms with Crippen molar-refractivity contribution in [2.75, 3.05) is 19.8 Å². The van der Waals surface area contributed by atoms with Crippen molar-refractivity contribution in [3.63, 3.8) is 0 Å². The predicted molar refractivity (Wildman–Crippen MR) is 82.1 cm³/mol. The molecule has 0 fully saturated rings. The Morgan fingerprint density at radius 3 is 2.78 bits per heavy atom. The number of rotatable bonds is 6. The maximum Gasteiger partial charge on any atom is 0.336 e. The standard InChI is InChI=1S/C17H20FNO4/c1-3-22-8-9-23-17(21)16-11(2)19-15(20)10-13(16)12-6-4-5-7-14(12)18/h4-7,13H,3,8-10H2,1-2H3,(H,19,20)/t13-/m1/s1. The van der Waals surface area contributed by atoms with Gasteiger partial charge >= 0.3 is 5.97 Å². The molecule has 0 radical (unpaired) electrons. The molecule has 0 saturated carbocycles. The Kier molecular flexibility index (Phi) is 5.87. The van der Waals surface area contributed by atoms with Gasteiger partial charge in [0.2, 0.25) is 5.91 Å². The van der Waals surface area contributed by atoms with Gasteiger partial charge in [0.05, 0.1) is 12.2 Å². The molecule has 23 heavy (non-hydrogen) atoms. The van der Waals surface area contributed by atoms with Crippen LogP contribution in [0.25, 0.3) is 0 Å². The average Bonchev–Trinajstić information content (AvgIpc) is 2.51. The normalized spacial score (nSPS) is 17.9. The fraction of sp³-hybridized carbons (Fsp3) is 0.412. The quantitative estimate of drug-likeness (QED) is 0.645. The second-order valence-corrected chi connectivity index (χ2v) is 5.20. The van der Waals surface area contributed by atoms with E-state index in [4.69, 9.17) is 9.47 Å². The van der Waals surface area contributed by atoms with Crippen LogP contribution in [0.3, 0.4) is 0 Å². The number of nitrogens with one attached hydrogen (secondary N) is 1. The van der Waals surface area contributed by atoms with Crippen LogP contribution in [0.5, 0.6) is 0 Å². The van der Waals surface area contributed by atoms with Gasteiger partial charge in [-0.25, -0.2) is 9.18 Å². The number of carbonyl (C=O) groups is 2. The van der Waals surface area contributed by atoms with E-state index in [2.05, 4.69) is 5.32 Å². The van der Waals surface area contributed by atoms with Crippen molar-refractivity contribution in [3.8, 4) is 0 Å². The summed E-state index contributed by atoms with van der Waals surface area (Å²) in [5.74, 6) is -1.90. The molecule has 1 heterocycles. The van der Waals surface area contributed by atoms with Crippen molar-refractivity contribution >= 4 is 11.9 Å². The largest absolute Gasteiger partial charge is 0.460 e. The van der Waals surface area contributed by atoms with Crippen LogP contribution in [0.1, 0.15) is 31.7 Å². The fourth-order valence-electron chi connectivity index (χ4n) is 2.61. The Hall–Kier alpha value is -2.21.